The van der Waals surface area contributed by atoms with Crippen molar-refractivity contribution in [1.29, 1.82) is 0 Å². The summed E-state index contributed by atoms with van der Waals surface area (Å²) in [5.41, 5.74) is 4.93. The molecule has 2 heterocycles. The molecule has 5 aromatic carbocycles. The molecule has 0 atom stereocenters. The van der Waals surface area contributed by atoms with Crippen LogP contribution in [-0.4, -0.2) is 40.0 Å². The molecule has 0 aliphatic carbocycles. The Hall–Kier alpha value is -5.70. The number of imidazole rings is 1. The van der Waals surface area contributed by atoms with Crippen molar-refractivity contribution in [3.8, 4) is 22.5 Å². The summed E-state index contributed by atoms with van der Waals surface area (Å²) in [7, 11) is 0. The van der Waals surface area contributed by atoms with E-state index in [9.17, 15) is 10.2 Å². The fourth-order valence-electron chi connectivity index (χ4n) is 7.52. The molecule has 0 amide bonds. The van der Waals surface area contributed by atoms with Crippen molar-refractivity contribution >= 4 is 0 Å². The first-order valence-electron chi connectivity index (χ1n) is 18.2. The van der Waals surface area contributed by atoms with Crippen LogP contribution in [0.2, 0.25) is 0 Å². The van der Waals surface area contributed by atoms with Gasteiger partial charge in [-0.3, -0.25) is 0 Å². The zero-order valence-electron chi connectivity index (χ0n) is 31.0. The van der Waals surface area contributed by atoms with Crippen LogP contribution in [0.15, 0.2) is 140 Å². The van der Waals surface area contributed by atoms with E-state index in [-0.39, 0.29) is 0 Å². The molecule has 0 saturated carbocycles. The molecule has 0 spiro atoms. The molecule has 7 aromatic rings. The second kappa shape index (κ2) is 14.4. The van der Waals surface area contributed by atoms with E-state index in [2.05, 4.69) is 126 Å². The summed E-state index contributed by atoms with van der Waals surface area (Å²) in [6.45, 7) is 9.56. The number of nitrogens with zero attached hydrogens (tertiary/aromatic N) is 6. The molecule has 0 fully saturated rings. The van der Waals surface area contributed by atoms with Gasteiger partial charge in [0.2, 0.25) is 0 Å². The molecular weight excluding hydrogens is 657 g/mol. The third-order valence-corrected chi connectivity index (χ3v) is 9.81. The Bertz CT molecular complexity index is 2190. The lowest BCUT2D eigenvalue weighted by Crippen LogP contribution is -2.39. The molecule has 8 nitrogen and oxygen atoms in total. The number of rotatable bonds is 12. The summed E-state index contributed by atoms with van der Waals surface area (Å²) in [6.07, 6.45) is 1.62. The predicted octanol–water partition coefficient (Wildman–Crippen LogP) is 8.50. The summed E-state index contributed by atoms with van der Waals surface area (Å²) >= 11 is 0. The van der Waals surface area contributed by atoms with Crippen LogP contribution in [0.25, 0.3) is 22.5 Å². The van der Waals surface area contributed by atoms with Gasteiger partial charge >= 0.3 is 0 Å². The molecule has 0 saturated heterocycles. The summed E-state index contributed by atoms with van der Waals surface area (Å²) in [5, 5.41) is 36.1. The van der Waals surface area contributed by atoms with Crippen molar-refractivity contribution in [2.75, 3.05) is 0 Å². The molecule has 0 radical (unpaired) electrons. The van der Waals surface area contributed by atoms with Gasteiger partial charge in [0.25, 0.3) is 0 Å². The maximum Gasteiger partial charge on any atom is 0.184 e. The number of benzene rings is 5. The first-order valence-corrected chi connectivity index (χ1v) is 18.2. The van der Waals surface area contributed by atoms with E-state index >= 15 is 0 Å². The van der Waals surface area contributed by atoms with Crippen LogP contribution in [0.5, 0.6) is 0 Å². The maximum absolute atomic E-state index is 11.3. The van der Waals surface area contributed by atoms with Crippen LogP contribution in [0.1, 0.15) is 80.5 Å². The van der Waals surface area contributed by atoms with Crippen LogP contribution in [0.4, 0.5) is 0 Å². The maximum atomic E-state index is 11.3. The third-order valence-electron chi connectivity index (χ3n) is 9.81. The molecule has 0 bridgehead atoms. The monoisotopic (exact) mass is 702 g/mol. The van der Waals surface area contributed by atoms with Crippen molar-refractivity contribution < 1.29 is 10.2 Å². The van der Waals surface area contributed by atoms with Crippen LogP contribution >= 0.6 is 0 Å². The molecule has 53 heavy (non-hydrogen) atoms. The van der Waals surface area contributed by atoms with Gasteiger partial charge in [0.15, 0.2) is 5.82 Å². The quantitative estimate of drug-likeness (QED) is 0.124. The fraction of sp³-hybridized carbons (Fsp3) is 0.244. The van der Waals surface area contributed by atoms with E-state index in [0.29, 0.717) is 23.8 Å². The minimum absolute atomic E-state index is 0.506. The highest BCUT2D eigenvalue weighted by Gasteiger charge is 2.42. The van der Waals surface area contributed by atoms with Crippen molar-refractivity contribution in [2.45, 2.75) is 70.7 Å². The Morgan fingerprint density at radius 1 is 0.604 bits per heavy atom. The zero-order chi connectivity index (χ0) is 37.2. The first kappa shape index (κ1) is 35.7. The molecule has 268 valence electrons. The standard InChI is InChI=1S/C45H46N6O2/c1-6-18-39-46-40(43(2,3)52)41(44(4,5)53)50(39)31-32-27-29-33(30-28-32)37-25-16-17-26-38(37)42-47-48-49-51(42)45(34-19-10-7-11-20-34,35-21-12-8-13-22-35)36-23-14-9-15-24-36/h7-17,19-30,52-53H,6,18,31H2,1-5H3. The summed E-state index contributed by atoms with van der Waals surface area (Å²) < 4.78 is 4.04. The van der Waals surface area contributed by atoms with Gasteiger partial charge in [0.05, 0.1) is 11.4 Å². The van der Waals surface area contributed by atoms with Gasteiger partial charge in [-0.05, 0) is 77.9 Å². The number of hydrogen-bond donors (Lipinski definition) is 2. The highest BCUT2D eigenvalue weighted by molar-refractivity contribution is 5.81. The van der Waals surface area contributed by atoms with Gasteiger partial charge in [-0.2, -0.15) is 0 Å². The highest BCUT2D eigenvalue weighted by Crippen LogP contribution is 2.43. The second-order valence-electron chi connectivity index (χ2n) is 14.6. The van der Waals surface area contributed by atoms with Gasteiger partial charge in [-0.25, -0.2) is 9.67 Å². The van der Waals surface area contributed by atoms with Crippen LogP contribution in [-0.2, 0) is 29.7 Å². The van der Waals surface area contributed by atoms with Crippen molar-refractivity contribution in [2.24, 2.45) is 0 Å². The van der Waals surface area contributed by atoms with E-state index in [0.717, 1.165) is 57.6 Å². The Morgan fingerprint density at radius 3 is 1.60 bits per heavy atom. The smallest absolute Gasteiger partial charge is 0.184 e. The van der Waals surface area contributed by atoms with Gasteiger partial charge in [0.1, 0.15) is 22.6 Å². The minimum atomic E-state index is -1.20. The van der Waals surface area contributed by atoms with Gasteiger partial charge < -0.3 is 14.8 Å². The van der Waals surface area contributed by atoms with Crippen LogP contribution in [0, 0.1) is 0 Å². The largest absolute Gasteiger partial charge is 0.384 e. The number of aromatic nitrogens is 6. The third kappa shape index (κ3) is 6.72. The SMILES string of the molecule is CCCc1nc(C(C)(C)O)c(C(C)(C)O)n1Cc1ccc(-c2ccccc2-c2nnnn2C(c2ccccc2)(c2ccccc2)c2ccccc2)cc1. The highest BCUT2D eigenvalue weighted by atomic mass is 16.3. The molecule has 7 rings (SSSR count). The van der Waals surface area contributed by atoms with Crippen molar-refractivity contribution in [3.05, 3.63) is 179 Å². The number of hydrogen-bond acceptors (Lipinski definition) is 6. The average molecular weight is 703 g/mol. The molecule has 8 heteroatoms. The second-order valence-corrected chi connectivity index (χ2v) is 14.6. The van der Waals surface area contributed by atoms with Crippen LogP contribution < -0.4 is 0 Å². The van der Waals surface area contributed by atoms with Crippen molar-refractivity contribution in [3.63, 3.8) is 0 Å². The number of tetrazole rings is 1. The lowest BCUT2D eigenvalue weighted by atomic mass is 9.77. The number of aryl methyl sites for hydroxylation is 1. The van der Waals surface area contributed by atoms with E-state index < -0.39 is 16.7 Å². The molecule has 2 N–H and O–H groups in total. The van der Waals surface area contributed by atoms with E-state index in [1.807, 2.05) is 35.0 Å². The topological polar surface area (TPSA) is 102 Å². The summed E-state index contributed by atoms with van der Waals surface area (Å²) in [6, 6.07) is 47.9. The molecule has 0 aliphatic heterocycles. The lowest BCUT2D eigenvalue weighted by molar-refractivity contribution is 0.0447. The van der Waals surface area contributed by atoms with E-state index in [1.165, 1.54) is 0 Å². The molecular formula is C45H46N6O2. The minimum Gasteiger partial charge on any atom is -0.384 e. The average Bonchev–Trinajstić information content (AvgIpc) is 3.80. The van der Waals surface area contributed by atoms with Gasteiger partial charge in [-0.15, -0.1) is 5.10 Å². The summed E-state index contributed by atoms with van der Waals surface area (Å²) in [5.74, 6) is 1.49. The van der Waals surface area contributed by atoms with E-state index in [4.69, 9.17) is 15.3 Å². The van der Waals surface area contributed by atoms with E-state index in [1.54, 1.807) is 27.7 Å². The zero-order valence-corrected chi connectivity index (χ0v) is 31.0. The Kier molecular flexibility index (Phi) is 9.68. The number of aliphatic hydroxyl groups is 2. The predicted molar refractivity (Wildman–Crippen MR) is 209 cm³/mol. The summed E-state index contributed by atoms with van der Waals surface area (Å²) in [4.78, 5) is 4.86. The Morgan fingerprint density at radius 2 is 1.11 bits per heavy atom. The van der Waals surface area contributed by atoms with Crippen molar-refractivity contribution in [1.82, 2.24) is 29.8 Å². The van der Waals surface area contributed by atoms with Crippen LogP contribution in [0.3, 0.4) is 0 Å². The normalized spacial score (nSPS) is 12.3. The Labute approximate surface area is 311 Å². The lowest BCUT2D eigenvalue weighted by Gasteiger charge is -2.36. The first-order chi connectivity index (χ1) is 25.5. The Balaban J connectivity index is 1.34. The fourth-order valence-corrected chi connectivity index (χ4v) is 7.52. The molecule has 2 aromatic heterocycles. The molecule has 0 aliphatic rings. The van der Waals surface area contributed by atoms with Gasteiger partial charge in [0, 0.05) is 18.5 Å². The van der Waals surface area contributed by atoms with Gasteiger partial charge in [-0.1, -0.05) is 146 Å². The molecule has 0 unspecified atom stereocenters.